The molecule has 104 valence electrons. The molecule has 0 saturated carbocycles. The van der Waals surface area contributed by atoms with Gasteiger partial charge in [-0.05, 0) is 17.7 Å². The number of benzene rings is 1. The number of carbonyl (C=O) groups is 1. The van der Waals surface area contributed by atoms with E-state index in [0.29, 0.717) is 17.5 Å². The SMILES string of the molecule is CN(Cc1ccc(Cl)c(C(=O)O)c1)c1cncc(Cl)n1. The van der Waals surface area contributed by atoms with Crippen molar-refractivity contribution in [2.45, 2.75) is 6.54 Å². The van der Waals surface area contributed by atoms with Crippen LogP contribution in [-0.2, 0) is 6.54 Å². The van der Waals surface area contributed by atoms with Gasteiger partial charge in [-0.1, -0.05) is 29.3 Å². The molecule has 0 unspecified atom stereocenters. The van der Waals surface area contributed by atoms with Crippen molar-refractivity contribution in [3.8, 4) is 0 Å². The lowest BCUT2D eigenvalue weighted by Crippen LogP contribution is -2.18. The van der Waals surface area contributed by atoms with E-state index in [9.17, 15) is 4.79 Å². The summed E-state index contributed by atoms with van der Waals surface area (Å²) in [5.41, 5.74) is 0.880. The molecule has 0 aliphatic carbocycles. The highest BCUT2D eigenvalue weighted by Crippen LogP contribution is 2.20. The number of halogens is 2. The third kappa shape index (κ3) is 3.37. The molecule has 0 fully saturated rings. The second kappa shape index (κ2) is 6.07. The van der Waals surface area contributed by atoms with Crippen molar-refractivity contribution in [1.82, 2.24) is 9.97 Å². The Bertz CT molecular complexity index is 649. The third-order valence-corrected chi connectivity index (χ3v) is 3.18. The fourth-order valence-corrected chi connectivity index (χ4v) is 2.05. The number of anilines is 1. The van der Waals surface area contributed by atoms with Crippen LogP contribution in [0, 0.1) is 0 Å². The monoisotopic (exact) mass is 311 g/mol. The van der Waals surface area contributed by atoms with Crippen molar-refractivity contribution in [1.29, 1.82) is 0 Å². The molecule has 2 rings (SSSR count). The summed E-state index contributed by atoms with van der Waals surface area (Å²) in [7, 11) is 1.81. The first-order valence-corrected chi connectivity index (χ1v) is 6.43. The molecule has 0 radical (unpaired) electrons. The molecule has 1 aromatic heterocycles. The summed E-state index contributed by atoms with van der Waals surface area (Å²) in [4.78, 5) is 20.9. The molecule has 0 atom stereocenters. The fraction of sp³-hybridized carbons (Fsp3) is 0.154. The van der Waals surface area contributed by atoms with Crippen molar-refractivity contribution in [3.63, 3.8) is 0 Å². The van der Waals surface area contributed by atoms with Crippen LogP contribution in [0.1, 0.15) is 15.9 Å². The van der Waals surface area contributed by atoms with E-state index >= 15 is 0 Å². The highest BCUT2D eigenvalue weighted by atomic mass is 35.5. The van der Waals surface area contributed by atoms with Crippen LogP contribution in [-0.4, -0.2) is 28.1 Å². The molecular formula is C13H11Cl2N3O2. The number of carboxylic acids is 1. The standard InChI is InChI=1S/C13H11Cl2N3O2/c1-18(12-6-16-5-11(15)17-12)7-8-2-3-10(14)9(4-8)13(19)20/h2-6H,7H2,1H3,(H,19,20). The molecule has 0 saturated heterocycles. The average Bonchev–Trinajstić information content (AvgIpc) is 2.40. The van der Waals surface area contributed by atoms with Crippen LogP contribution in [0.25, 0.3) is 0 Å². The van der Waals surface area contributed by atoms with E-state index in [0.717, 1.165) is 5.56 Å². The molecule has 0 aliphatic rings. The molecule has 0 amide bonds. The molecule has 0 aliphatic heterocycles. The predicted molar refractivity (Wildman–Crippen MR) is 77.6 cm³/mol. The van der Waals surface area contributed by atoms with Gasteiger partial charge in [-0.25, -0.2) is 9.78 Å². The summed E-state index contributed by atoms with van der Waals surface area (Å²) < 4.78 is 0. The Morgan fingerprint density at radius 1 is 1.35 bits per heavy atom. The minimum Gasteiger partial charge on any atom is -0.478 e. The highest BCUT2D eigenvalue weighted by molar-refractivity contribution is 6.33. The molecule has 1 aromatic carbocycles. The summed E-state index contributed by atoms with van der Waals surface area (Å²) in [6.45, 7) is 0.465. The van der Waals surface area contributed by atoms with Gasteiger partial charge in [0.25, 0.3) is 0 Å². The number of aromatic nitrogens is 2. The van der Waals surface area contributed by atoms with Gasteiger partial charge in [-0.2, -0.15) is 0 Å². The Kier molecular flexibility index (Phi) is 4.42. The third-order valence-electron chi connectivity index (χ3n) is 2.66. The Morgan fingerprint density at radius 2 is 2.10 bits per heavy atom. The maximum Gasteiger partial charge on any atom is 0.337 e. The van der Waals surface area contributed by atoms with Gasteiger partial charge >= 0.3 is 5.97 Å². The number of hydrogen-bond acceptors (Lipinski definition) is 4. The van der Waals surface area contributed by atoms with Crippen LogP contribution in [0.4, 0.5) is 5.82 Å². The molecule has 1 heterocycles. The normalized spacial score (nSPS) is 10.3. The van der Waals surface area contributed by atoms with Gasteiger partial charge in [-0.15, -0.1) is 0 Å². The number of carboxylic acid groups (broad SMARTS) is 1. The minimum absolute atomic E-state index is 0.0785. The van der Waals surface area contributed by atoms with E-state index in [1.807, 2.05) is 11.9 Å². The lowest BCUT2D eigenvalue weighted by Gasteiger charge is -2.18. The van der Waals surface area contributed by atoms with Gasteiger partial charge in [0.2, 0.25) is 0 Å². The number of rotatable bonds is 4. The van der Waals surface area contributed by atoms with Gasteiger partial charge in [0, 0.05) is 13.6 Å². The lowest BCUT2D eigenvalue weighted by molar-refractivity contribution is 0.0697. The molecule has 2 aromatic rings. The van der Waals surface area contributed by atoms with Crippen molar-refractivity contribution < 1.29 is 9.90 Å². The largest absolute Gasteiger partial charge is 0.478 e. The zero-order valence-electron chi connectivity index (χ0n) is 10.5. The molecule has 0 spiro atoms. The second-order valence-electron chi connectivity index (χ2n) is 4.18. The number of nitrogens with zero attached hydrogens (tertiary/aromatic N) is 3. The second-order valence-corrected chi connectivity index (χ2v) is 4.97. The van der Waals surface area contributed by atoms with Gasteiger partial charge in [0.1, 0.15) is 11.0 Å². The summed E-state index contributed by atoms with van der Waals surface area (Å²) >= 11 is 11.6. The van der Waals surface area contributed by atoms with Gasteiger partial charge in [-0.3, -0.25) is 4.98 Å². The van der Waals surface area contributed by atoms with E-state index < -0.39 is 5.97 Å². The van der Waals surface area contributed by atoms with Gasteiger partial charge in [0.15, 0.2) is 0 Å². The van der Waals surface area contributed by atoms with E-state index in [1.54, 1.807) is 24.4 Å². The van der Waals surface area contributed by atoms with Crippen LogP contribution in [0.15, 0.2) is 30.6 Å². The lowest BCUT2D eigenvalue weighted by atomic mass is 10.1. The van der Waals surface area contributed by atoms with Crippen molar-refractivity contribution in [3.05, 3.63) is 51.9 Å². The molecule has 20 heavy (non-hydrogen) atoms. The van der Waals surface area contributed by atoms with Crippen LogP contribution < -0.4 is 4.90 Å². The number of hydrogen-bond donors (Lipinski definition) is 1. The maximum atomic E-state index is 11.0. The Morgan fingerprint density at radius 3 is 2.75 bits per heavy atom. The van der Waals surface area contributed by atoms with Crippen molar-refractivity contribution in [2.75, 3.05) is 11.9 Å². The fourth-order valence-electron chi connectivity index (χ4n) is 1.71. The average molecular weight is 312 g/mol. The van der Waals surface area contributed by atoms with Crippen molar-refractivity contribution in [2.24, 2.45) is 0 Å². The van der Waals surface area contributed by atoms with Crippen LogP contribution in [0.5, 0.6) is 0 Å². The van der Waals surface area contributed by atoms with Crippen LogP contribution in [0.3, 0.4) is 0 Å². The van der Waals surface area contributed by atoms with Gasteiger partial charge < -0.3 is 10.0 Å². The summed E-state index contributed by atoms with van der Waals surface area (Å²) in [6.07, 6.45) is 3.03. The topological polar surface area (TPSA) is 66.3 Å². The molecular weight excluding hydrogens is 301 g/mol. The first kappa shape index (κ1) is 14.6. The van der Waals surface area contributed by atoms with Crippen LogP contribution >= 0.6 is 23.2 Å². The van der Waals surface area contributed by atoms with E-state index in [2.05, 4.69) is 9.97 Å². The maximum absolute atomic E-state index is 11.0. The Hall–Kier alpha value is -1.85. The summed E-state index contributed by atoms with van der Waals surface area (Å²) in [5, 5.41) is 9.56. The number of aromatic carboxylic acids is 1. The summed E-state index contributed by atoms with van der Waals surface area (Å²) in [5.74, 6) is -0.452. The zero-order valence-corrected chi connectivity index (χ0v) is 12.1. The molecule has 0 bridgehead atoms. The first-order valence-electron chi connectivity index (χ1n) is 5.68. The summed E-state index contributed by atoms with van der Waals surface area (Å²) in [6, 6.07) is 4.88. The molecule has 7 heteroatoms. The minimum atomic E-state index is -1.05. The Balaban J connectivity index is 2.22. The van der Waals surface area contributed by atoms with E-state index in [-0.39, 0.29) is 10.6 Å². The van der Waals surface area contributed by atoms with E-state index in [1.165, 1.54) is 6.20 Å². The van der Waals surface area contributed by atoms with Gasteiger partial charge in [0.05, 0.1) is 23.0 Å². The predicted octanol–water partition coefficient (Wildman–Crippen LogP) is 3.12. The van der Waals surface area contributed by atoms with Crippen LogP contribution in [0.2, 0.25) is 10.2 Å². The van der Waals surface area contributed by atoms with Crippen molar-refractivity contribution >= 4 is 35.0 Å². The van der Waals surface area contributed by atoms with E-state index in [4.69, 9.17) is 28.3 Å². The highest BCUT2D eigenvalue weighted by Gasteiger charge is 2.11. The quantitative estimate of drug-likeness (QED) is 0.939. The Labute approximate surface area is 125 Å². The smallest absolute Gasteiger partial charge is 0.337 e. The molecule has 5 nitrogen and oxygen atoms in total. The first-order chi connectivity index (χ1) is 9.47. The zero-order chi connectivity index (χ0) is 14.7. The molecule has 1 N–H and O–H groups in total.